The van der Waals surface area contributed by atoms with Crippen LogP contribution in [0.1, 0.15) is 20.7 Å². The van der Waals surface area contributed by atoms with Gasteiger partial charge < -0.3 is 10.2 Å². The fourth-order valence-electron chi connectivity index (χ4n) is 1.67. The average Bonchev–Trinajstić information content (AvgIpc) is 2.27. The number of carboxylic acid groups (broad SMARTS) is 2. The molecule has 0 unspecified atom stereocenters. The molecule has 0 spiro atoms. The van der Waals surface area contributed by atoms with Gasteiger partial charge in [-0.1, -0.05) is 24.3 Å². The Morgan fingerprint density at radius 3 is 1.41 bits per heavy atom. The van der Waals surface area contributed by atoms with Gasteiger partial charge in [-0.05, 0) is 22.9 Å². The molecule has 0 radical (unpaired) electrons. The first kappa shape index (κ1) is 14.0. The van der Waals surface area contributed by atoms with E-state index in [9.17, 15) is 9.59 Å². The molecule has 0 aliphatic heterocycles. The Labute approximate surface area is 129 Å². The van der Waals surface area contributed by atoms with Crippen molar-refractivity contribution in [2.75, 3.05) is 0 Å². The van der Waals surface area contributed by atoms with Crippen LogP contribution in [0.15, 0.2) is 36.4 Å². The molecule has 0 aromatic heterocycles. The molecule has 17 heavy (non-hydrogen) atoms. The van der Waals surface area contributed by atoms with Gasteiger partial charge in [-0.2, -0.15) is 0 Å². The molecule has 2 rings (SSSR count). The number of fused-ring (bicyclic) bond motifs is 1. The van der Waals surface area contributed by atoms with Crippen molar-refractivity contribution in [1.82, 2.24) is 0 Å². The molecule has 0 heterocycles. The van der Waals surface area contributed by atoms with Crippen LogP contribution in [0.2, 0.25) is 0 Å². The molecule has 0 bridgehead atoms. The third-order valence-corrected chi connectivity index (χ3v) is 2.38. The zero-order chi connectivity index (χ0) is 11.7. The second kappa shape index (κ2) is 5.53. The molecule has 2 aromatic carbocycles. The number of hydrogen-bond donors (Lipinski definition) is 2. The third kappa shape index (κ3) is 2.62. The monoisotopic (exact) mass is 448 g/mol. The summed E-state index contributed by atoms with van der Waals surface area (Å²) < 4.78 is 0. The molecule has 0 atom stereocenters. The van der Waals surface area contributed by atoms with Gasteiger partial charge in [-0.25, -0.2) is 9.59 Å². The van der Waals surface area contributed by atoms with Crippen LogP contribution in [-0.4, -0.2) is 22.2 Å². The summed E-state index contributed by atoms with van der Waals surface area (Å²) in [6.45, 7) is 0. The summed E-state index contributed by atoms with van der Waals surface area (Å²) in [7, 11) is 0. The zero-order valence-electron chi connectivity index (χ0n) is 8.68. The van der Waals surface area contributed by atoms with E-state index in [4.69, 9.17) is 10.2 Å². The van der Waals surface area contributed by atoms with Crippen LogP contribution < -0.4 is 0 Å². The van der Waals surface area contributed by atoms with Crippen molar-refractivity contribution in [3.63, 3.8) is 0 Å². The minimum Gasteiger partial charge on any atom is -0.478 e. The van der Waals surface area contributed by atoms with E-state index in [1.54, 1.807) is 24.3 Å². The molecular formula is C12H8O4Th. The zero-order valence-corrected chi connectivity index (χ0v) is 12.8. The second-order valence-corrected chi connectivity index (χ2v) is 3.32. The maximum atomic E-state index is 10.9. The maximum absolute atomic E-state index is 10.9. The van der Waals surface area contributed by atoms with Crippen molar-refractivity contribution in [2.45, 2.75) is 0 Å². The average molecular weight is 448 g/mol. The Morgan fingerprint density at radius 1 is 0.765 bits per heavy atom. The molecule has 0 aliphatic carbocycles. The normalized spacial score (nSPS) is 9.65. The summed E-state index contributed by atoms with van der Waals surface area (Å²) in [5, 5.41) is 18.8. The van der Waals surface area contributed by atoms with Crippen molar-refractivity contribution in [3.05, 3.63) is 47.5 Å². The summed E-state index contributed by atoms with van der Waals surface area (Å²) in [4.78, 5) is 21.9. The number of carbonyl (C=O) groups is 2. The molecule has 5 heteroatoms. The van der Waals surface area contributed by atoms with Gasteiger partial charge in [0, 0.05) is 39.9 Å². The number of aromatic carboxylic acids is 2. The van der Waals surface area contributed by atoms with Crippen LogP contribution in [0.5, 0.6) is 0 Å². The summed E-state index contributed by atoms with van der Waals surface area (Å²) >= 11 is 0. The van der Waals surface area contributed by atoms with Crippen LogP contribution in [-0.2, 0) is 0 Å². The van der Waals surface area contributed by atoms with Crippen molar-refractivity contribution in [2.24, 2.45) is 0 Å². The number of carboxylic acids is 2. The van der Waals surface area contributed by atoms with Crippen LogP contribution >= 0.6 is 0 Å². The minimum atomic E-state index is -1.06. The summed E-state index contributed by atoms with van der Waals surface area (Å²) in [6, 6.07) is 9.19. The molecule has 0 amide bonds. The molecule has 4 nitrogen and oxygen atoms in total. The molecule has 84 valence electrons. The van der Waals surface area contributed by atoms with Gasteiger partial charge in [0.05, 0.1) is 11.1 Å². The molecular weight excluding hydrogens is 440 g/mol. The maximum Gasteiger partial charge on any atom is 0.336 e. The first-order valence-corrected chi connectivity index (χ1v) is 4.59. The van der Waals surface area contributed by atoms with Crippen LogP contribution in [0.3, 0.4) is 0 Å². The quantitative estimate of drug-likeness (QED) is 0.740. The van der Waals surface area contributed by atoms with E-state index in [1.165, 1.54) is 12.1 Å². The molecule has 0 fully saturated rings. The van der Waals surface area contributed by atoms with Gasteiger partial charge >= 0.3 is 11.9 Å². The largest absolute Gasteiger partial charge is 0.478 e. The third-order valence-electron chi connectivity index (χ3n) is 2.38. The van der Waals surface area contributed by atoms with E-state index in [0.717, 1.165) is 0 Å². The molecule has 0 saturated heterocycles. The number of hydrogen-bond acceptors (Lipinski definition) is 2. The van der Waals surface area contributed by atoms with E-state index in [-0.39, 0.29) is 51.1 Å². The minimum absolute atomic E-state index is 0. The van der Waals surface area contributed by atoms with E-state index >= 15 is 0 Å². The first-order chi connectivity index (χ1) is 7.61. The Kier molecular flexibility index (Phi) is 4.57. The second-order valence-electron chi connectivity index (χ2n) is 3.32. The van der Waals surface area contributed by atoms with Crippen LogP contribution in [0.4, 0.5) is 0 Å². The van der Waals surface area contributed by atoms with Crippen molar-refractivity contribution in [3.8, 4) is 0 Å². The van der Waals surface area contributed by atoms with Crippen molar-refractivity contribution in [1.29, 1.82) is 0 Å². The van der Waals surface area contributed by atoms with Crippen molar-refractivity contribution >= 4 is 22.7 Å². The molecule has 0 saturated carbocycles. The summed E-state index contributed by atoms with van der Waals surface area (Å²) in [5.74, 6) is -2.12. The van der Waals surface area contributed by atoms with Gasteiger partial charge in [0.25, 0.3) is 0 Å². The standard InChI is InChI=1S/C12H8O4.Th/c13-11(14)9-5-6-10(12(15)16)8-4-2-1-3-7(8)9;/h1-6H,(H,13,14)(H,15,16);. The fourth-order valence-corrected chi connectivity index (χ4v) is 1.67. The van der Waals surface area contributed by atoms with E-state index in [1.807, 2.05) is 0 Å². The summed E-state index contributed by atoms with van der Waals surface area (Å²) in [6.07, 6.45) is 0. The fraction of sp³-hybridized carbons (Fsp3) is 0. The molecule has 0 aliphatic rings. The molecule has 2 N–H and O–H groups in total. The number of rotatable bonds is 2. The van der Waals surface area contributed by atoms with E-state index < -0.39 is 11.9 Å². The van der Waals surface area contributed by atoms with Gasteiger partial charge in [-0.3, -0.25) is 0 Å². The SMILES string of the molecule is O=C(O)c1ccc(C(=O)O)c2ccccc12.[Th]. The van der Waals surface area contributed by atoms with Crippen LogP contribution in [0.25, 0.3) is 10.8 Å². The Bertz CT molecular complexity index is 540. The Hall–Kier alpha value is -1.04. The van der Waals surface area contributed by atoms with Crippen LogP contribution in [0, 0.1) is 39.9 Å². The Balaban J connectivity index is 0.00000144. The van der Waals surface area contributed by atoms with Gasteiger partial charge in [0.1, 0.15) is 0 Å². The van der Waals surface area contributed by atoms with Gasteiger partial charge in [-0.15, -0.1) is 0 Å². The topological polar surface area (TPSA) is 74.6 Å². The Morgan fingerprint density at radius 2 is 1.12 bits per heavy atom. The molecule has 2 aromatic rings. The predicted molar refractivity (Wildman–Crippen MR) is 57.9 cm³/mol. The number of benzene rings is 2. The summed E-state index contributed by atoms with van der Waals surface area (Å²) in [5.41, 5.74) is 0.223. The van der Waals surface area contributed by atoms with Gasteiger partial charge in [0.15, 0.2) is 0 Å². The van der Waals surface area contributed by atoms with Crippen molar-refractivity contribution < 1.29 is 59.7 Å². The first-order valence-electron chi connectivity index (χ1n) is 4.59. The van der Waals surface area contributed by atoms with E-state index in [2.05, 4.69) is 0 Å². The van der Waals surface area contributed by atoms with Gasteiger partial charge in [0.2, 0.25) is 0 Å². The smallest absolute Gasteiger partial charge is 0.336 e. The van der Waals surface area contributed by atoms with E-state index in [0.29, 0.717) is 10.8 Å². The predicted octanol–water partition coefficient (Wildman–Crippen LogP) is 2.24.